The van der Waals surface area contributed by atoms with Gasteiger partial charge in [-0.15, -0.1) is 0 Å². The van der Waals surface area contributed by atoms with E-state index < -0.39 is 0 Å². The van der Waals surface area contributed by atoms with Crippen LogP contribution in [0, 0.1) is 11.8 Å². The van der Waals surface area contributed by atoms with Gasteiger partial charge in [-0.3, -0.25) is 9.59 Å². The van der Waals surface area contributed by atoms with Crippen LogP contribution >= 0.6 is 0 Å². The first-order valence-corrected chi connectivity index (χ1v) is 4.31. The molecule has 0 amide bonds. The van der Waals surface area contributed by atoms with Crippen molar-refractivity contribution in [2.45, 2.75) is 19.3 Å². The highest BCUT2D eigenvalue weighted by Crippen LogP contribution is 2.43. The quantitative estimate of drug-likeness (QED) is 0.608. The predicted octanol–water partition coefficient (Wildman–Crippen LogP) is 0.749. The molecule has 0 N–H and O–H groups in total. The molecule has 0 heterocycles. The van der Waals surface area contributed by atoms with Crippen molar-refractivity contribution in [3.63, 3.8) is 0 Å². The molecule has 0 spiro atoms. The van der Waals surface area contributed by atoms with E-state index in [0.717, 1.165) is 6.42 Å². The molecule has 1 saturated carbocycles. The second kappa shape index (κ2) is 4.25. The molecule has 0 bridgehead atoms. The lowest BCUT2D eigenvalue weighted by atomic mass is 10.2. The Bertz CT molecular complexity index is 190. The number of methoxy groups -OCH3 is 2. The zero-order valence-electron chi connectivity index (χ0n) is 7.91. The molecule has 0 aliphatic heterocycles. The number of hydrogen-bond donors (Lipinski definition) is 0. The van der Waals surface area contributed by atoms with Crippen LogP contribution in [0.4, 0.5) is 0 Å². The molecule has 0 saturated heterocycles. The molecule has 0 radical (unpaired) electrons. The normalized spacial score (nSPS) is 25.1. The molecule has 2 atom stereocenters. The van der Waals surface area contributed by atoms with E-state index in [1.54, 1.807) is 0 Å². The third kappa shape index (κ3) is 3.05. The Balaban J connectivity index is 2.15. The molecular formula is C9H14O4. The van der Waals surface area contributed by atoms with E-state index in [1.807, 2.05) is 0 Å². The summed E-state index contributed by atoms with van der Waals surface area (Å²) in [7, 11) is 2.75. The van der Waals surface area contributed by atoms with Gasteiger partial charge in [-0.1, -0.05) is 0 Å². The number of hydrogen-bond acceptors (Lipinski definition) is 4. The molecule has 74 valence electrons. The summed E-state index contributed by atoms with van der Waals surface area (Å²) in [5.41, 5.74) is 0. The van der Waals surface area contributed by atoms with E-state index in [1.165, 1.54) is 14.2 Å². The molecule has 0 aromatic carbocycles. The minimum absolute atomic E-state index is 0.197. The van der Waals surface area contributed by atoms with Crippen LogP contribution in [-0.2, 0) is 19.1 Å². The van der Waals surface area contributed by atoms with Crippen molar-refractivity contribution < 1.29 is 19.1 Å². The van der Waals surface area contributed by atoms with E-state index in [0.29, 0.717) is 24.7 Å². The van der Waals surface area contributed by atoms with Gasteiger partial charge in [0.2, 0.25) is 0 Å². The third-order valence-electron chi connectivity index (χ3n) is 2.38. The van der Waals surface area contributed by atoms with Gasteiger partial charge in [0, 0.05) is 12.8 Å². The molecule has 1 rings (SSSR count). The molecule has 1 aliphatic carbocycles. The van der Waals surface area contributed by atoms with Gasteiger partial charge in [-0.2, -0.15) is 0 Å². The maximum Gasteiger partial charge on any atom is 0.305 e. The maximum atomic E-state index is 10.8. The van der Waals surface area contributed by atoms with Crippen LogP contribution in [0.15, 0.2) is 0 Å². The minimum Gasteiger partial charge on any atom is -0.469 e. The van der Waals surface area contributed by atoms with E-state index >= 15 is 0 Å². The zero-order chi connectivity index (χ0) is 9.84. The van der Waals surface area contributed by atoms with E-state index in [-0.39, 0.29) is 11.9 Å². The van der Waals surface area contributed by atoms with Gasteiger partial charge < -0.3 is 9.47 Å². The molecule has 1 fully saturated rings. The Hall–Kier alpha value is -1.06. The Kier molecular flexibility index (Phi) is 3.28. The first kappa shape index (κ1) is 10.0. The van der Waals surface area contributed by atoms with Crippen molar-refractivity contribution in [3.05, 3.63) is 0 Å². The summed E-state index contributed by atoms with van der Waals surface area (Å²) in [5.74, 6) is 0.257. The van der Waals surface area contributed by atoms with Gasteiger partial charge >= 0.3 is 11.9 Å². The number of esters is 2. The van der Waals surface area contributed by atoms with Crippen LogP contribution in [-0.4, -0.2) is 26.2 Å². The fraction of sp³-hybridized carbons (Fsp3) is 0.778. The van der Waals surface area contributed by atoms with Crippen LogP contribution in [0.25, 0.3) is 0 Å². The zero-order valence-corrected chi connectivity index (χ0v) is 7.91. The van der Waals surface area contributed by atoms with Crippen molar-refractivity contribution in [3.8, 4) is 0 Å². The number of ether oxygens (including phenoxy) is 2. The van der Waals surface area contributed by atoms with Crippen molar-refractivity contribution in [1.82, 2.24) is 0 Å². The molecule has 0 aromatic rings. The largest absolute Gasteiger partial charge is 0.469 e. The van der Waals surface area contributed by atoms with Crippen LogP contribution in [0.2, 0.25) is 0 Å². The van der Waals surface area contributed by atoms with Crippen LogP contribution in [0.5, 0.6) is 0 Å². The van der Waals surface area contributed by atoms with Crippen LogP contribution in [0.1, 0.15) is 19.3 Å². The summed E-state index contributed by atoms with van der Waals surface area (Å²) in [6, 6.07) is 0. The molecule has 4 nitrogen and oxygen atoms in total. The minimum atomic E-state index is -0.197. The lowest BCUT2D eigenvalue weighted by Crippen LogP contribution is -2.05. The highest BCUT2D eigenvalue weighted by molar-refractivity contribution is 5.72. The van der Waals surface area contributed by atoms with Gasteiger partial charge in [0.15, 0.2) is 0 Å². The maximum absolute atomic E-state index is 10.8. The topological polar surface area (TPSA) is 52.6 Å². The lowest BCUT2D eigenvalue weighted by molar-refractivity contribution is -0.143. The van der Waals surface area contributed by atoms with Gasteiger partial charge in [0.05, 0.1) is 14.2 Å². The van der Waals surface area contributed by atoms with Gasteiger partial charge in [-0.25, -0.2) is 0 Å². The van der Waals surface area contributed by atoms with Crippen molar-refractivity contribution in [2.75, 3.05) is 14.2 Å². The highest BCUT2D eigenvalue weighted by atomic mass is 16.5. The Morgan fingerprint density at radius 3 is 1.77 bits per heavy atom. The van der Waals surface area contributed by atoms with E-state index in [4.69, 9.17) is 0 Å². The van der Waals surface area contributed by atoms with Crippen molar-refractivity contribution >= 4 is 11.9 Å². The standard InChI is InChI=1S/C9H14O4/c1-12-8(10)4-6-3-7(6)5-9(11)13-2/h6-7H,3-5H2,1-2H3/t6-,7+. The lowest BCUT2D eigenvalue weighted by Gasteiger charge is -1.98. The summed E-state index contributed by atoms with van der Waals surface area (Å²) >= 11 is 0. The van der Waals surface area contributed by atoms with Crippen molar-refractivity contribution in [1.29, 1.82) is 0 Å². The van der Waals surface area contributed by atoms with E-state index in [9.17, 15) is 9.59 Å². The van der Waals surface area contributed by atoms with Gasteiger partial charge in [0.25, 0.3) is 0 Å². The summed E-state index contributed by atoms with van der Waals surface area (Å²) in [5, 5.41) is 0. The summed E-state index contributed by atoms with van der Waals surface area (Å²) in [6.45, 7) is 0. The molecule has 13 heavy (non-hydrogen) atoms. The fourth-order valence-corrected chi connectivity index (χ4v) is 1.41. The summed E-state index contributed by atoms with van der Waals surface area (Å²) < 4.78 is 9.05. The van der Waals surface area contributed by atoms with Crippen LogP contribution < -0.4 is 0 Å². The van der Waals surface area contributed by atoms with Gasteiger partial charge in [0.1, 0.15) is 0 Å². The van der Waals surface area contributed by atoms with Crippen LogP contribution in [0.3, 0.4) is 0 Å². The number of rotatable bonds is 4. The SMILES string of the molecule is COC(=O)C[C@@H]1C[C@@H]1CC(=O)OC. The Labute approximate surface area is 77.2 Å². The molecule has 1 aliphatic rings. The Morgan fingerprint density at radius 1 is 1.08 bits per heavy atom. The summed E-state index contributed by atoms with van der Waals surface area (Å²) in [6.07, 6.45) is 1.79. The third-order valence-corrected chi connectivity index (χ3v) is 2.38. The smallest absolute Gasteiger partial charge is 0.305 e. The molecular weight excluding hydrogens is 172 g/mol. The monoisotopic (exact) mass is 186 g/mol. The first-order chi connectivity index (χ1) is 6.17. The average molecular weight is 186 g/mol. The fourth-order valence-electron chi connectivity index (χ4n) is 1.41. The van der Waals surface area contributed by atoms with Gasteiger partial charge in [-0.05, 0) is 18.3 Å². The second-order valence-electron chi connectivity index (χ2n) is 3.32. The van der Waals surface area contributed by atoms with Crippen molar-refractivity contribution in [2.24, 2.45) is 11.8 Å². The molecule has 4 heteroatoms. The first-order valence-electron chi connectivity index (χ1n) is 4.31. The number of carbonyl (C=O) groups excluding carboxylic acids is 2. The Morgan fingerprint density at radius 2 is 1.46 bits per heavy atom. The molecule has 0 unspecified atom stereocenters. The molecule has 0 aromatic heterocycles. The average Bonchev–Trinajstić information content (AvgIpc) is 2.83. The predicted molar refractivity (Wildman–Crippen MR) is 44.9 cm³/mol. The number of carbonyl (C=O) groups is 2. The highest BCUT2D eigenvalue weighted by Gasteiger charge is 2.40. The second-order valence-corrected chi connectivity index (χ2v) is 3.32. The summed E-state index contributed by atoms with van der Waals surface area (Å²) in [4.78, 5) is 21.6. The van der Waals surface area contributed by atoms with E-state index in [2.05, 4.69) is 9.47 Å².